The molecule has 0 saturated carbocycles. The second kappa shape index (κ2) is 13.4. The molecule has 0 aliphatic carbocycles. The molecule has 1 heterocycles. The van der Waals surface area contributed by atoms with Crippen LogP contribution in [0.2, 0.25) is 0 Å². The Labute approximate surface area is 257 Å². The highest BCUT2D eigenvalue weighted by Gasteiger charge is 2.53. The van der Waals surface area contributed by atoms with E-state index in [4.69, 9.17) is 14.6 Å². The first-order valence-corrected chi connectivity index (χ1v) is 14.1. The Morgan fingerprint density at radius 3 is 2.25 bits per heavy atom. The normalized spacial score (nSPS) is 18.4. The number of aliphatic imine (C=N–C) groups is 1. The maximum Gasteiger partial charge on any atom is 0.416 e. The fourth-order valence-electron chi connectivity index (χ4n) is 4.66. The fourth-order valence-corrected chi connectivity index (χ4v) is 5.15. The van der Waals surface area contributed by atoms with E-state index in [1.807, 2.05) is 0 Å². The molecule has 2 N–H and O–H groups in total. The maximum absolute atomic E-state index is 13.9. The minimum absolute atomic E-state index is 0.0239. The number of ether oxygens (including phenoxy) is 2. The van der Waals surface area contributed by atoms with E-state index in [0.29, 0.717) is 46.5 Å². The van der Waals surface area contributed by atoms with Crippen molar-refractivity contribution in [3.05, 3.63) is 112 Å². The van der Waals surface area contributed by atoms with Gasteiger partial charge in [0.2, 0.25) is 5.90 Å². The largest absolute Gasteiger partial charge is 0.494 e. The van der Waals surface area contributed by atoms with Gasteiger partial charge in [0.1, 0.15) is 5.75 Å². The lowest BCUT2D eigenvalue weighted by atomic mass is 9.84. The van der Waals surface area contributed by atoms with Gasteiger partial charge in [0, 0.05) is 41.6 Å². The summed E-state index contributed by atoms with van der Waals surface area (Å²) in [7, 11) is 0. The molecule has 0 fully saturated rings. The van der Waals surface area contributed by atoms with Gasteiger partial charge < -0.3 is 19.9 Å². The molecular weight excluding hydrogens is 658 g/mol. The molecule has 1 aliphatic heterocycles. The van der Waals surface area contributed by atoms with Gasteiger partial charge in [-0.05, 0) is 54.1 Å². The molecule has 2 atom stereocenters. The highest BCUT2D eigenvalue weighted by Crippen LogP contribution is 2.45. The zero-order chi connectivity index (χ0) is 32.1. The first kappa shape index (κ1) is 33.1. The fraction of sp³-hybridized carbons (Fsp3) is 0.290. The lowest BCUT2D eigenvalue weighted by Gasteiger charge is -2.30. The van der Waals surface area contributed by atoms with E-state index >= 15 is 0 Å². The van der Waals surface area contributed by atoms with Crippen LogP contribution in [-0.2, 0) is 28.4 Å². The van der Waals surface area contributed by atoms with E-state index < -0.39 is 53.1 Å². The molecule has 3 aromatic rings. The summed E-state index contributed by atoms with van der Waals surface area (Å²) < 4.78 is 92.8. The second-order valence-corrected chi connectivity index (χ2v) is 10.8. The Kier molecular flexibility index (Phi) is 10.1. The Morgan fingerprint density at radius 1 is 1.05 bits per heavy atom. The monoisotopic (exact) mass is 684 g/mol. The predicted molar refractivity (Wildman–Crippen MR) is 154 cm³/mol. The number of benzene rings is 3. The number of carbonyl (C=O) groups excluding carboxylic acids is 1. The van der Waals surface area contributed by atoms with Gasteiger partial charge in [-0.2, -0.15) is 26.3 Å². The summed E-state index contributed by atoms with van der Waals surface area (Å²) in [6.45, 7) is 3.38. The van der Waals surface area contributed by atoms with Crippen LogP contribution in [0.5, 0.6) is 5.75 Å². The smallest absolute Gasteiger partial charge is 0.416 e. The van der Waals surface area contributed by atoms with Crippen LogP contribution in [0.15, 0.2) is 88.9 Å². The lowest BCUT2D eigenvalue weighted by Crippen LogP contribution is -2.47. The lowest BCUT2D eigenvalue weighted by molar-refractivity contribution is -0.143. The van der Waals surface area contributed by atoms with Crippen molar-refractivity contribution < 1.29 is 45.7 Å². The Bertz CT molecular complexity index is 1490. The van der Waals surface area contributed by atoms with Crippen molar-refractivity contribution in [3.63, 3.8) is 0 Å². The highest BCUT2D eigenvalue weighted by molar-refractivity contribution is 9.10. The number of aliphatic hydroxyl groups is 1. The third-order valence-electron chi connectivity index (χ3n) is 6.77. The number of alkyl halides is 6. The number of hydrogen-bond acceptors (Lipinski definition) is 5. The van der Waals surface area contributed by atoms with Crippen molar-refractivity contribution in [2.75, 3.05) is 13.2 Å². The first-order chi connectivity index (χ1) is 20.8. The zero-order valence-corrected chi connectivity index (χ0v) is 24.6. The van der Waals surface area contributed by atoms with Gasteiger partial charge in [-0.1, -0.05) is 40.2 Å². The van der Waals surface area contributed by atoms with Gasteiger partial charge in [0.05, 0.1) is 17.7 Å². The molecule has 44 heavy (non-hydrogen) atoms. The van der Waals surface area contributed by atoms with Crippen molar-refractivity contribution >= 4 is 27.7 Å². The van der Waals surface area contributed by atoms with E-state index in [1.54, 1.807) is 48.5 Å². The van der Waals surface area contributed by atoms with E-state index in [1.165, 1.54) is 6.08 Å². The van der Waals surface area contributed by atoms with Crippen molar-refractivity contribution in [2.24, 2.45) is 4.99 Å². The van der Waals surface area contributed by atoms with Crippen molar-refractivity contribution in [1.29, 1.82) is 0 Å². The number of aliphatic hydroxyl groups excluding tert-OH is 1. The maximum atomic E-state index is 13.9. The average molecular weight is 685 g/mol. The van der Waals surface area contributed by atoms with Crippen LogP contribution >= 0.6 is 15.9 Å². The summed E-state index contributed by atoms with van der Waals surface area (Å²) in [6.07, 6.45) is -9.31. The molecular formula is C31H27BrF6N2O4. The van der Waals surface area contributed by atoms with Gasteiger partial charge in [-0.3, -0.25) is 4.79 Å². The summed E-state index contributed by atoms with van der Waals surface area (Å²) in [5, 5.41) is 11.4. The SMILES string of the molecule is C=CC[C@@]1(C(=O)NCc2cc(C(F)(F)F)cc(C(F)(F)F)c2)N=C(c2ccc(OCCCO)cc2)O[C@@H]1c1ccccc1Br. The molecule has 3 aromatic carbocycles. The molecule has 0 unspecified atom stereocenters. The van der Waals surface area contributed by atoms with Crippen LogP contribution in [0.25, 0.3) is 0 Å². The quantitative estimate of drug-likeness (QED) is 0.125. The van der Waals surface area contributed by atoms with E-state index in [0.717, 1.165) is 0 Å². The molecule has 4 rings (SSSR count). The van der Waals surface area contributed by atoms with Crippen LogP contribution in [0.4, 0.5) is 26.3 Å². The first-order valence-electron chi connectivity index (χ1n) is 13.3. The van der Waals surface area contributed by atoms with Crippen molar-refractivity contribution in [2.45, 2.75) is 43.4 Å². The van der Waals surface area contributed by atoms with Gasteiger partial charge in [-0.25, -0.2) is 4.99 Å². The van der Waals surface area contributed by atoms with E-state index in [9.17, 15) is 31.1 Å². The van der Waals surface area contributed by atoms with Crippen molar-refractivity contribution in [1.82, 2.24) is 5.32 Å². The topological polar surface area (TPSA) is 80.2 Å². The van der Waals surface area contributed by atoms with Crippen LogP contribution in [0.1, 0.15) is 46.8 Å². The summed E-state index contributed by atoms with van der Waals surface area (Å²) >= 11 is 3.47. The second-order valence-electron chi connectivity index (χ2n) is 9.90. The standard InChI is InChI=1S/C31H27BrF6N2O4/c1-2-12-29(28(42)39-18-19-15-21(30(33,34)35)17-22(16-19)31(36,37)38)26(24-6-3-4-7-25(24)32)44-27(40-29)20-8-10-23(11-9-20)43-14-5-13-41/h2-4,6-11,15-17,26,41H,1,5,12-14,18H2,(H,39,42)/t26-,29-/m1/s1. The molecule has 0 bridgehead atoms. The molecule has 0 radical (unpaired) electrons. The minimum Gasteiger partial charge on any atom is -0.494 e. The number of hydrogen-bond donors (Lipinski definition) is 2. The molecule has 0 aromatic heterocycles. The molecule has 0 saturated heterocycles. The summed E-state index contributed by atoms with van der Waals surface area (Å²) in [5.74, 6) is -0.177. The van der Waals surface area contributed by atoms with Crippen LogP contribution in [0.3, 0.4) is 0 Å². The molecule has 234 valence electrons. The van der Waals surface area contributed by atoms with E-state index in [-0.39, 0.29) is 25.0 Å². The molecule has 0 spiro atoms. The number of nitrogens with zero attached hydrogens (tertiary/aromatic N) is 1. The van der Waals surface area contributed by atoms with Crippen LogP contribution < -0.4 is 10.1 Å². The number of carbonyl (C=O) groups is 1. The predicted octanol–water partition coefficient (Wildman–Crippen LogP) is 7.40. The third kappa shape index (κ3) is 7.44. The van der Waals surface area contributed by atoms with E-state index in [2.05, 4.69) is 32.8 Å². The van der Waals surface area contributed by atoms with Gasteiger partial charge in [0.25, 0.3) is 5.91 Å². The van der Waals surface area contributed by atoms with Gasteiger partial charge in [-0.15, -0.1) is 6.58 Å². The summed E-state index contributed by atoms with van der Waals surface area (Å²) in [6, 6.07) is 14.7. The average Bonchev–Trinajstić information content (AvgIpc) is 3.36. The van der Waals surface area contributed by atoms with Crippen LogP contribution in [0, 0.1) is 0 Å². The highest BCUT2D eigenvalue weighted by atomic mass is 79.9. The number of amides is 1. The molecule has 1 aliphatic rings. The number of nitrogens with one attached hydrogen (secondary N) is 1. The number of halogens is 7. The number of rotatable bonds is 11. The van der Waals surface area contributed by atoms with Gasteiger partial charge in [0.15, 0.2) is 11.6 Å². The summed E-state index contributed by atoms with van der Waals surface area (Å²) in [5.41, 5.74) is -4.07. The van der Waals surface area contributed by atoms with Crippen LogP contribution in [-0.4, -0.2) is 35.7 Å². The third-order valence-corrected chi connectivity index (χ3v) is 7.50. The molecule has 1 amide bonds. The minimum atomic E-state index is -5.04. The summed E-state index contributed by atoms with van der Waals surface area (Å²) in [4.78, 5) is 18.6. The Balaban J connectivity index is 1.71. The van der Waals surface area contributed by atoms with Crippen molar-refractivity contribution in [3.8, 4) is 5.75 Å². The van der Waals surface area contributed by atoms with Gasteiger partial charge >= 0.3 is 12.4 Å². The molecule has 6 nitrogen and oxygen atoms in total. The molecule has 13 heteroatoms. The Morgan fingerprint density at radius 2 is 1.68 bits per heavy atom. The zero-order valence-electron chi connectivity index (χ0n) is 23.0. The Hall–Kier alpha value is -3.84.